The van der Waals surface area contributed by atoms with Crippen LogP contribution in [-0.4, -0.2) is 43.2 Å². The fourth-order valence-corrected chi connectivity index (χ4v) is 3.70. The number of amides is 1. The predicted octanol–water partition coefficient (Wildman–Crippen LogP) is 3.05. The summed E-state index contributed by atoms with van der Waals surface area (Å²) in [4.78, 5) is 14.9. The molecule has 156 valence electrons. The van der Waals surface area contributed by atoms with Gasteiger partial charge in [0.05, 0.1) is 6.10 Å². The molecule has 3 rings (SSSR count). The normalized spacial score (nSPS) is 17.6. The molecule has 0 aliphatic carbocycles. The highest BCUT2D eigenvalue weighted by Crippen LogP contribution is 2.18. The molecule has 0 radical (unpaired) electrons. The van der Waals surface area contributed by atoms with E-state index in [2.05, 4.69) is 40.5 Å². The molecule has 5 nitrogen and oxygen atoms in total. The maximum Gasteiger partial charge on any atom is 0.244 e. The molecule has 1 saturated heterocycles. The zero-order valence-electron chi connectivity index (χ0n) is 17.3. The zero-order valence-corrected chi connectivity index (χ0v) is 17.3. The Balaban J connectivity index is 1.29. The van der Waals surface area contributed by atoms with Gasteiger partial charge in [-0.3, -0.25) is 9.69 Å². The van der Waals surface area contributed by atoms with Crippen molar-refractivity contribution in [2.24, 2.45) is 5.73 Å². The van der Waals surface area contributed by atoms with E-state index in [9.17, 15) is 4.79 Å². The molecule has 5 heteroatoms. The second-order valence-corrected chi connectivity index (χ2v) is 8.01. The number of carbonyl (C=O) groups is 1. The molecule has 1 unspecified atom stereocenters. The number of ether oxygens (including phenoxy) is 1. The molecule has 1 atom stereocenters. The third-order valence-electron chi connectivity index (χ3n) is 5.59. The van der Waals surface area contributed by atoms with E-state index in [1.165, 1.54) is 5.56 Å². The van der Waals surface area contributed by atoms with Crippen LogP contribution in [0.5, 0.6) is 0 Å². The summed E-state index contributed by atoms with van der Waals surface area (Å²) in [6, 6.07) is 20.1. The van der Waals surface area contributed by atoms with Crippen LogP contribution in [0.15, 0.2) is 60.7 Å². The molecule has 1 aliphatic rings. The van der Waals surface area contributed by atoms with Crippen LogP contribution in [0.1, 0.15) is 37.3 Å². The third kappa shape index (κ3) is 6.39. The van der Waals surface area contributed by atoms with Crippen molar-refractivity contribution in [3.63, 3.8) is 0 Å². The lowest BCUT2D eigenvalue weighted by Crippen LogP contribution is -2.49. The summed E-state index contributed by atoms with van der Waals surface area (Å²) in [5, 5.41) is 2.94. The highest BCUT2D eigenvalue weighted by molar-refractivity contribution is 5.86. The number of hydrogen-bond acceptors (Lipinski definition) is 4. The number of rotatable bonds is 9. The Morgan fingerprint density at radius 2 is 1.72 bits per heavy atom. The second kappa shape index (κ2) is 10.5. The van der Waals surface area contributed by atoms with Gasteiger partial charge in [0.25, 0.3) is 0 Å². The number of carbonyl (C=O) groups excluding carboxylic acids is 1. The molecule has 0 saturated carbocycles. The molecule has 1 heterocycles. The third-order valence-corrected chi connectivity index (χ3v) is 5.59. The lowest BCUT2D eigenvalue weighted by Gasteiger charge is -2.32. The lowest BCUT2D eigenvalue weighted by molar-refractivity contribution is -0.126. The molecule has 1 fully saturated rings. The molecule has 3 N–H and O–H groups in total. The Hall–Kier alpha value is -2.21. The van der Waals surface area contributed by atoms with Gasteiger partial charge in [-0.05, 0) is 37.3 Å². The van der Waals surface area contributed by atoms with E-state index in [0.717, 1.165) is 44.5 Å². The van der Waals surface area contributed by atoms with Crippen molar-refractivity contribution < 1.29 is 9.53 Å². The molecular weight excluding hydrogens is 362 g/mol. The Bertz CT molecular complexity index is 741. The Morgan fingerprint density at radius 1 is 1.10 bits per heavy atom. The number of hydrogen-bond donors (Lipinski definition) is 2. The number of nitrogens with zero attached hydrogens (tertiary/aromatic N) is 1. The number of nitrogens with two attached hydrogens (primary N) is 1. The van der Waals surface area contributed by atoms with Gasteiger partial charge in [0, 0.05) is 32.8 Å². The van der Waals surface area contributed by atoms with E-state index in [-0.39, 0.29) is 5.91 Å². The van der Waals surface area contributed by atoms with Crippen molar-refractivity contribution in [1.29, 1.82) is 0 Å². The van der Waals surface area contributed by atoms with Gasteiger partial charge in [-0.25, -0.2) is 0 Å². The Morgan fingerprint density at radius 3 is 2.38 bits per heavy atom. The summed E-state index contributed by atoms with van der Waals surface area (Å²) in [6.45, 7) is 6.13. The zero-order chi connectivity index (χ0) is 20.5. The van der Waals surface area contributed by atoms with Crippen LogP contribution in [-0.2, 0) is 21.6 Å². The highest BCUT2D eigenvalue weighted by Gasteiger charge is 2.29. The summed E-state index contributed by atoms with van der Waals surface area (Å²) in [5.74, 6) is -0.155. The first kappa shape index (κ1) is 21.5. The average molecular weight is 396 g/mol. The summed E-state index contributed by atoms with van der Waals surface area (Å²) < 4.78 is 6.02. The average Bonchev–Trinajstić information content (AvgIpc) is 2.76. The van der Waals surface area contributed by atoms with Crippen molar-refractivity contribution in [1.82, 2.24) is 10.2 Å². The van der Waals surface area contributed by atoms with Crippen LogP contribution in [0.4, 0.5) is 0 Å². The van der Waals surface area contributed by atoms with Crippen LogP contribution in [0.3, 0.4) is 0 Å². The molecule has 0 aromatic heterocycles. The van der Waals surface area contributed by atoms with Crippen LogP contribution in [0, 0.1) is 0 Å². The van der Waals surface area contributed by atoms with Crippen molar-refractivity contribution in [2.75, 3.05) is 26.2 Å². The molecule has 2 aromatic carbocycles. The topological polar surface area (TPSA) is 67.6 Å². The SMILES string of the molecule is CC(N)(C(=O)NCCCOC1CCN(Cc2ccccc2)CC1)c1ccccc1. The predicted molar refractivity (Wildman–Crippen MR) is 116 cm³/mol. The van der Waals surface area contributed by atoms with Crippen molar-refractivity contribution in [3.8, 4) is 0 Å². The number of nitrogens with one attached hydrogen (secondary N) is 1. The molecule has 1 amide bonds. The van der Waals surface area contributed by atoms with E-state index < -0.39 is 5.54 Å². The number of piperidine rings is 1. The van der Waals surface area contributed by atoms with E-state index in [0.29, 0.717) is 19.3 Å². The van der Waals surface area contributed by atoms with E-state index >= 15 is 0 Å². The van der Waals surface area contributed by atoms with Gasteiger partial charge in [0.2, 0.25) is 5.91 Å². The largest absolute Gasteiger partial charge is 0.378 e. The minimum absolute atomic E-state index is 0.155. The van der Waals surface area contributed by atoms with Gasteiger partial charge < -0.3 is 15.8 Å². The van der Waals surface area contributed by atoms with Gasteiger partial charge in [0.15, 0.2) is 0 Å². The first-order chi connectivity index (χ1) is 14.1. The lowest BCUT2D eigenvalue weighted by atomic mass is 9.92. The fourth-order valence-electron chi connectivity index (χ4n) is 3.70. The molecule has 0 spiro atoms. The molecule has 0 bridgehead atoms. The number of likely N-dealkylation sites (tertiary alicyclic amines) is 1. The molecule has 29 heavy (non-hydrogen) atoms. The van der Waals surface area contributed by atoms with Crippen LogP contribution >= 0.6 is 0 Å². The van der Waals surface area contributed by atoms with Crippen LogP contribution in [0.25, 0.3) is 0 Å². The molecule has 1 aliphatic heterocycles. The summed E-state index contributed by atoms with van der Waals surface area (Å²) >= 11 is 0. The van der Waals surface area contributed by atoms with Gasteiger partial charge >= 0.3 is 0 Å². The van der Waals surface area contributed by atoms with Crippen LogP contribution in [0.2, 0.25) is 0 Å². The first-order valence-electron chi connectivity index (χ1n) is 10.6. The standard InChI is InChI=1S/C24H33N3O2/c1-24(25,21-11-6-3-7-12-21)23(28)26-15-8-18-29-22-13-16-27(17-14-22)19-20-9-4-2-5-10-20/h2-7,9-12,22H,8,13-19,25H2,1H3,(H,26,28). The quantitative estimate of drug-likeness (QED) is 0.641. The van der Waals surface area contributed by atoms with Crippen molar-refractivity contribution in [2.45, 2.75) is 44.4 Å². The molecule has 2 aromatic rings. The fraction of sp³-hybridized carbons (Fsp3) is 0.458. The van der Waals surface area contributed by atoms with E-state index in [1.54, 1.807) is 6.92 Å². The van der Waals surface area contributed by atoms with Crippen molar-refractivity contribution >= 4 is 5.91 Å². The maximum atomic E-state index is 12.4. The Kier molecular flexibility index (Phi) is 7.81. The van der Waals surface area contributed by atoms with E-state index in [4.69, 9.17) is 10.5 Å². The Labute approximate surface area is 174 Å². The minimum Gasteiger partial charge on any atom is -0.378 e. The van der Waals surface area contributed by atoms with Crippen LogP contribution < -0.4 is 11.1 Å². The highest BCUT2D eigenvalue weighted by atomic mass is 16.5. The minimum atomic E-state index is -1.02. The summed E-state index contributed by atoms with van der Waals surface area (Å²) in [5.41, 5.74) is 7.39. The number of benzene rings is 2. The molecular formula is C24H33N3O2. The van der Waals surface area contributed by atoms with Gasteiger partial charge in [-0.1, -0.05) is 60.7 Å². The second-order valence-electron chi connectivity index (χ2n) is 8.01. The maximum absolute atomic E-state index is 12.4. The summed E-state index contributed by atoms with van der Waals surface area (Å²) in [6.07, 6.45) is 3.24. The van der Waals surface area contributed by atoms with Crippen molar-refractivity contribution in [3.05, 3.63) is 71.8 Å². The summed E-state index contributed by atoms with van der Waals surface area (Å²) in [7, 11) is 0. The van der Waals surface area contributed by atoms with Gasteiger partial charge in [-0.15, -0.1) is 0 Å². The first-order valence-corrected chi connectivity index (χ1v) is 10.6. The smallest absolute Gasteiger partial charge is 0.244 e. The van der Waals surface area contributed by atoms with Gasteiger partial charge in [0.1, 0.15) is 5.54 Å². The van der Waals surface area contributed by atoms with E-state index in [1.807, 2.05) is 30.3 Å². The van der Waals surface area contributed by atoms with Gasteiger partial charge in [-0.2, -0.15) is 0 Å². The monoisotopic (exact) mass is 395 g/mol.